The van der Waals surface area contributed by atoms with Crippen molar-refractivity contribution in [2.75, 3.05) is 6.54 Å². The summed E-state index contributed by atoms with van der Waals surface area (Å²) >= 11 is 17.1. The van der Waals surface area contributed by atoms with Gasteiger partial charge in [0, 0.05) is 18.4 Å². The number of aryl methyl sites for hydroxylation is 1. The molecule has 1 nitrogen and oxygen atoms in total. The second-order valence-corrected chi connectivity index (χ2v) is 7.78. The summed E-state index contributed by atoms with van der Waals surface area (Å²) in [6.45, 7) is 5.04. The molecule has 2 aromatic carbocycles. The van der Waals surface area contributed by atoms with E-state index >= 15 is 0 Å². The first-order valence-electron chi connectivity index (χ1n) is 6.58. The lowest BCUT2D eigenvalue weighted by atomic mass is 9.97. The monoisotopic (exact) mass is 493 g/mol. The molecule has 0 aromatic heterocycles. The largest absolute Gasteiger partial charge is 0.306 e. The maximum absolute atomic E-state index is 6.18. The van der Waals surface area contributed by atoms with Crippen LogP contribution in [0.25, 0.3) is 0 Å². The van der Waals surface area contributed by atoms with Crippen LogP contribution in [0, 0.1) is 6.92 Å². The fourth-order valence-electron chi connectivity index (χ4n) is 2.21. The second-order valence-electron chi connectivity index (χ2n) is 4.78. The molecule has 0 bridgehead atoms. The van der Waals surface area contributed by atoms with Crippen molar-refractivity contribution in [3.05, 3.63) is 65.5 Å². The van der Waals surface area contributed by atoms with Crippen molar-refractivity contribution in [1.82, 2.24) is 5.32 Å². The summed E-state index contributed by atoms with van der Waals surface area (Å²) in [5.41, 5.74) is 3.50. The Bertz CT molecular complexity index is 658. The van der Waals surface area contributed by atoms with E-state index < -0.39 is 0 Å². The summed E-state index contributed by atoms with van der Waals surface area (Å²) < 4.78 is 3.23. The lowest BCUT2D eigenvalue weighted by Gasteiger charge is -2.22. The summed E-state index contributed by atoms with van der Waals surface area (Å²) in [5.74, 6) is 0. The quantitative estimate of drug-likeness (QED) is 0.501. The minimum atomic E-state index is 0.0642. The lowest BCUT2D eigenvalue weighted by Crippen LogP contribution is -2.23. The van der Waals surface area contributed by atoms with Crippen LogP contribution in [-0.2, 0) is 0 Å². The standard InChI is InChI=1S/C16H15Br3ClN/c1-3-21-16(11-7-10(20)4-5-13(11)17)12-8-14(18)9(2)6-15(12)19/h4-8,16,21H,3H2,1-2H3. The Morgan fingerprint density at radius 1 is 1.00 bits per heavy atom. The van der Waals surface area contributed by atoms with Gasteiger partial charge in [-0.1, -0.05) is 66.3 Å². The highest BCUT2D eigenvalue weighted by atomic mass is 79.9. The van der Waals surface area contributed by atoms with Gasteiger partial charge >= 0.3 is 0 Å². The van der Waals surface area contributed by atoms with Gasteiger partial charge in [0.15, 0.2) is 0 Å². The van der Waals surface area contributed by atoms with Crippen molar-refractivity contribution in [3.8, 4) is 0 Å². The average Bonchev–Trinajstić information content (AvgIpc) is 2.43. The van der Waals surface area contributed by atoms with Crippen molar-refractivity contribution < 1.29 is 0 Å². The van der Waals surface area contributed by atoms with Crippen molar-refractivity contribution >= 4 is 59.4 Å². The van der Waals surface area contributed by atoms with Crippen molar-refractivity contribution in [1.29, 1.82) is 0 Å². The van der Waals surface area contributed by atoms with Crippen LogP contribution in [-0.4, -0.2) is 6.54 Å². The Kier molecular flexibility index (Phi) is 6.33. The molecule has 0 aliphatic carbocycles. The molecule has 1 N–H and O–H groups in total. The molecule has 0 saturated heterocycles. The van der Waals surface area contributed by atoms with E-state index in [1.54, 1.807) is 0 Å². The molecule has 0 spiro atoms. The Morgan fingerprint density at radius 3 is 2.33 bits per heavy atom. The van der Waals surface area contributed by atoms with E-state index in [2.05, 4.69) is 79.1 Å². The summed E-state index contributed by atoms with van der Waals surface area (Å²) in [6.07, 6.45) is 0. The minimum Gasteiger partial charge on any atom is -0.306 e. The summed E-state index contributed by atoms with van der Waals surface area (Å²) in [7, 11) is 0. The number of halogens is 4. The smallest absolute Gasteiger partial charge is 0.0599 e. The van der Waals surface area contributed by atoms with E-state index in [1.165, 1.54) is 11.1 Å². The fraction of sp³-hybridized carbons (Fsp3) is 0.250. The minimum absolute atomic E-state index is 0.0642. The Balaban J connectivity index is 2.58. The van der Waals surface area contributed by atoms with Crippen molar-refractivity contribution in [2.24, 2.45) is 0 Å². The van der Waals surface area contributed by atoms with Gasteiger partial charge in [0.1, 0.15) is 0 Å². The van der Waals surface area contributed by atoms with Crippen LogP contribution in [0.1, 0.15) is 29.7 Å². The summed E-state index contributed by atoms with van der Waals surface area (Å²) in [6, 6.07) is 10.2. The Morgan fingerprint density at radius 2 is 1.67 bits per heavy atom. The highest BCUT2D eigenvalue weighted by molar-refractivity contribution is 9.11. The molecule has 0 fully saturated rings. The maximum atomic E-state index is 6.18. The van der Waals surface area contributed by atoms with Gasteiger partial charge in [-0.3, -0.25) is 0 Å². The summed E-state index contributed by atoms with van der Waals surface area (Å²) in [4.78, 5) is 0. The first-order valence-corrected chi connectivity index (χ1v) is 9.33. The van der Waals surface area contributed by atoms with Gasteiger partial charge in [-0.2, -0.15) is 0 Å². The molecule has 1 unspecified atom stereocenters. The van der Waals surface area contributed by atoms with Crippen LogP contribution in [0.3, 0.4) is 0 Å². The van der Waals surface area contributed by atoms with Crippen LogP contribution < -0.4 is 5.32 Å². The molecule has 0 amide bonds. The van der Waals surface area contributed by atoms with E-state index in [0.717, 1.165) is 30.5 Å². The average molecular weight is 496 g/mol. The predicted molar refractivity (Wildman–Crippen MR) is 101 cm³/mol. The fourth-order valence-corrected chi connectivity index (χ4v) is 3.91. The van der Waals surface area contributed by atoms with Crippen LogP contribution in [0.5, 0.6) is 0 Å². The number of hydrogen-bond acceptors (Lipinski definition) is 1. The van der Waals surface area contributed by atoms with E-state index in [0.29, 0.717) is 0 Å². The zero-order valence-corrected chi connectivity index (χ0v) is 17.2. The molecule has 2 rings (SSSR count). The third kappa shape index (κ3) is 4.11. The number of nitrogens with one attached hydrogen (secondary N) is 1. The van der Waals surface area contributed by atoms with Crippen molar-refractivity contribution in [3.63, 3.8) is 0 Å². The number of rotatable bonds is 4. The summed E-state index contributed by atoms with van der Waals surface area (Å²) in [5, 5.41) is 4.27. The highest BCUT2D eigenvalue weighted by Crippen LogP contribution is 2.36. The Labute approximate surface area is 155 Å². The second kappa shape index (κ2) is 7.60. The Hall–Kier alpha value is 0.130. The normalized spacial score (nSPS) is 12.5. The lowest BCUT2D eigenvalue weighted by molar-refractivity contribution is 0.626. The first kappa shape index (κ1) is 17.5. The van der Waals surface area contributed by atoms with Crippen LogP contribution in [0.4, 0.5) is 0 Å². The van der Waals surface area contributed by atoms with Gasteiger partial charge in [-0.15, -0.1) is 0 Å². The molecule has 0 heterocycles. The molecule has 1 atom stereocenters. The van der Waals surface area contributed by atoms with Crippen LogP contribution >= 0.6 is 59.4 Å². The molecule has 0 aliphatic heterocycles. The van der Waals surface area contributed by atoms with Gasteiger partial charge in [-0.05, 0) is 60.5 Å². The van der Waals surface area contributed by atoms with Gasteiger partial charge < -0.3 is 5.32 Å². The zero-order valence-electron chi connectivity index (χ0n) is 11.7. The SMILES string of the molecule is CCNC(c1cc(Cl)ccc1Br)c1cc(Br)c(C)cc1Br. The molecule has 112 valence electrons. The molecule has 0 saturated carbocycles. The molecule has 21 heavy (non-hydrogen) atoms. The maximum Gasteiger partial charge on any atom is 0.0599 e. The van der Waals surface area contributed by atoms with E-state index in [1.807, 2.05) is 18.2 Å². The molecule has 0 radical (unpaired) electrons. The van der Waals surface area contributed by atoms with Crippen LogP contribution in [0.15, 0.2) is 43.7 Å². The van der Waals surface area contributed by atoms with Gasteiger partial charge in [0.05, 0.1) is 6.04 Å². The van der Waals surface area contributed by atoms with E-state index in [-0.39, 0.29) is 6.04 Å². The molecular weight excluding hydrogens is 481 g/mol. The molecule has 0 aliphatic rings. The molecular formula is C16H15Br3ClN. The zero-order chi connectivity index (χ0) is 15.6. The molecule has 5 heteroatoms. The van der Waals surface area contributed by atoms with E-state index in [4.69, 9.17) is 11.6 Å². The third-order valence-electron chi connectivity index (χ3n) is 3.27. The molecule has 2 aromatic rings. The first-order chi connectivity index (χ1) is 9.93. The highest BCUT2D eigenvalue weighted by Gasteiger charge is 2.19. The number of hydrogen-bond donors (Lipinski definition) is 1. The number of benzene rings is 2. The van der Waals surface area contributed by atoms with Gasteiger partial charge in [0.2, 0.25) is 0 Å². The van der Waals surface area contributed by atoms with Crippen LogP contribution in [0.2, 0.25) is 5.02 Å². The van der Waals surface area contributed by atoms with E-state index in [9.17, 15) is 0 Å². The third-order valence-corrected chi connectivity index (χ3v) is 5.76. The predicted octanol–water partition coefficient (Wildman–Crippen LogP) is 6.63. The van der Waals surface area contributed by atoms with Crippen molar-refractivity contribution in [2.45, 2.75) is 19.9 Å². The topological polar surface area (TPSA) is 12.0 Å². The van der Waals surface area contributed by atoms with Gasteiger partial charge in [0.25, 0.3) is 0 Å². The van der Waals surface area contributed by atoms with Gasteiger partial charge in [-0.25, -0.2) is 0 Å².